The number of rotatable bonds is 2. The van der Waals surface area contributed by atoms with Gasteiger partial charge in [-0.25, -0.2) is 0 Å². The quantitative estimate of drug-likeness (QED) is 0.737. The molecule has 0 radical (unpaired) electrons. The number of benzene rings is 2. The molecule has 0 aliphatic carbocycles. The van der Waals surface area contributed by atoms with Crippen LogP contribution < -0.4 is 0 Å². The highest BCUT2D eigenvalue weighted by Gasteiger charge is 2.14. The van der Waals surface area contributed by atoms with Crippen LogP contribution in [-0.4, -0.2) is 10.1 Å². The Morgan fingerprint density at radius 1 is 1.00 bits per heavy atom. The molecular weight excluding hydrogens is 290 g/mol. The van der Waals surface area contributed by atoms with E-state index in [1.165, 1.54) is 0 Å². The van der Waals surface area contributed by atoms with E-state index in [4.69, 9.17) is 0 Å². The van der Waals surface area contributed by atoms with Gasteiger partial charge in [0.1, 0.15) is 6.10 Å². The molecule has 0 aliphatic heterocycles. The van der Waals surface area contributed by atoms with E-state index in [1.54, 1.807) is 0 Å². The summed E-state index contributed by atoms with van der Waals surface area (Å²) in [5, 5.41) is 11.5. The molecule has 1 aromatic heterocycles. The van der Waals surface area contributed by atoms with Crippen molar-refractivity contribution in [2.45, 2.75) is 6.10 Å². The standard InChI is InChI=1S/C15H12BrNO/c16-11-7-5-10(6-8-11)15(18)13-9-17-14-4-2-1-3-12(13)14/h1-9,15,17-18H. The summed E-state index contributed by atoms with van der Waals surface area (Å²) in [4.78, 5) is 3.18. The fourth-order valence-corrected chi connectivity index (χ4v) is 2.41. The average molecular weight is 302 g/mol. The normalized spacial score (nSPS) is 12.8. The van der Waals surface area contributed by atoms with Gasteiger partial charge in [-0.1, -0.05) is 46.3 Å². The van der Waals surface area contributed by atoms with Crippen LogP contribution in [0.5, 0.6) is 0 Å². The molecule has 2 aromatic carbocycles. The molecule has 3 rings (SSSR count). The molecule has 0 aliphatic rings. The van der Waals surface area contributed by atoms with Crippen molar-refractivity contribution in [3.8, 4) is 0 Å². The maximum absolute atomic E-state index is 10.4. The zero-order valence-corrected chi connectivity index (χ0v) is 11.2. The van der Waals surface area contributed by atoms with Crippen molar-refractivity contribution in [3.63, 3.8) is 0 Å². The highest BCUT2D eigenvalue weighted by Crippen LogP contribution is 2.29. The monoisotopic (exact) mass is 301 g/mol. The molecule has 0 spiro atoms. The number of fused-ring (bicyclic) bond motifs is 1. The summed E-state index contributed by atoms with van der Waals surface area (Å²) in [5.41, 5.74) is 2.85. The number of hydrogen-bond acceptors (Lipinski definition) is 1. The second kappa shape index (κ2) is 4.59. The van der Waals surface area contributed by atoms with Crippen LogP contribution in [0.25, 0.3) is 10.9 Å². The molecule has 0 amide bonds. The molecule has 1 heterocycles. The Hall–Kier alpha value is -1.58. The fraction of sp³-hybridized carbons (Fsp3) is 0.0667. The number of para-hydroxylation sites is 1. The van der Waals surface area contributed by atoms with Gasteiger partial charge in [0.2, 0.25) is 0 Å². The molecule has 2 nitrogen and oxygen atoms in total. The van der Waals surface area contributed by atoms with Crippen LogP contribution in [0.3, 0.4) is 0 Å². The lowest BCUT2D eigenvalue weighted by Crippen LogP contribution is -1.98. The van der Waals surface area contributed by atoms with Crippen LogP contribution in [0.2, 0.25) is 0 Å². The molecule has 18 heavy (non-hydrogen) atoms. The Morgan fingerprint density at radius 2 is 1.72 bits per heavy atom. The van der Waals surface area contributed by atoms with E-state index < -0.39 is 6.10 Å². The van der Waals surface area contributed by atoms with Gasteiger partial charge >= 0.3 is 0 Å². The van der Waals surface area contributed by atoms with Crippen LogP contribution in [0.1, 0.15) is 17.2 Å². The lowest BCUT2D eigenvalue weighted by molar-refractivity contribution is 0.222. The first-order valence-corrected chi connectivity index (χ1v) is 6.54. The molecule has 0 fully saturated rings. The summed E-state index contributed by atoms with van der Waals surface area (Å²) in [6.07, 6.45) is 1.27. The predicted molar refractivity (Wildman–Crippen MR) is 76.5 cm³/mol. The number of aromatic nitrogens is 1. The number of aliphatic hydroxyl groups is 1. The smallest absolute Gasteiger partial charge is 0.106 e. The van der Waals surface area contributed by atoms with E-state index in [1.807, 2.05) is 54.7 Å². The lowest BCUT2D eigenvalue weighted by atomic mass is 10.0. The van der Waals surface area contributed by atoms with E-state index in [2.05, 4.69) is 20.9 Å². The number of hydrogen-bond donors (Lipinski definition) is 2. The SMILES string of the molecule is OC(c1ccc(Br)cc1)c1c[nH]c2ccccc12. The van der Waals surface area contributed by atoms with Crippen LogP contribution in [-0.2, 0) is 0 Å². The number of H-pyrrole nitrogens is 1. The minimum atomic E-state index is -0.603. The largest absolute Gasteiger partial charge is 0.384 e. The molecule has 0 saturated carbocycles. The Kier molecular flexibility index (Phi) is 2.94. The van der Waals surface area contributed by atoms with Gasteiger partial charge in [0.25, 0.3) is 0 Å². The minimum absolute atomic E-state index is 0.603. The zero-order valence-electron chi connectivity index (χ0n) is 9.60. The van der Waals surface area contributed by atoms with Crippen LogP contribution in [0, 0.1) is 0 Å². The molecule has 3 aromatic rings. The van der Waals surface area contributed by atoms with Crippen molar-refractivity contribution in [2.75, 3.05) is 0 Å². The number of aliphatic hydroxyl groups excluding tert-OH is 1. The predicted octanol–water partition coefficient (Wildman–Crippen LogP) is 4.01. The van der Waals surface area contributed by atoms with Gasteiger partial charge in [-0.15, -0.1) is 0 Å². The van der Waals surface area contributed by atoms with E-state index in [0.29, 0.717) is 0 Å². The summed E-state index contributed by atoms with van der Waals surface area (Å²) < 4.78 is 1.01. The van der Waals surface area contributed by atoms with E-state index in [9.17, 15) is 5.11 Å². The minimum Gasteiger partial charge on any atom is -0.384 e. The molecule has 1 atom stereocenters. The Balaban J connectivity index is 2.06. The molecule has 0 saturated heterocycles. The average Bonchev–Trinajstić information content (AvgIpc) is 2.82. The second-order valence-corrected chi connectivity index (χ2v) is 5.16. The maximum atomic E-state index is 10.4. The maximum Gasteiger partial charge on any atom is 0.106 e. The first-order chi connectivity index (χ1) is 8.75. The molecule has 2 N–H and O–H groups in total. The second-order valence-electron chi connectivity index (χ2n) is 4.24. The summed E-state index contributed by atoms with van der Waals surface area (Å²) in [6, 6.07) is 15.7. The molecule has 0 bridgehead atoms. The van der Waals surface area contributed by atoms with E-state index in [-0.39, 0.29) is 0 Å². The highest BCUT2D eigenvalue weighted by molar-refractivity contribution is 9.10. The number of aromatic amines is 1. The number of nitrogens with one attached hydrogen (secondary N) is 1. The van der Waals surface area contributed by atoms with Crippen molar-refractivity contribution >= 4 is 26.8 Å². The summed E-state index contributed by atoms with van der Waals surface area (Å²) >= 11 is 3.40. The lowest BCUT2D eigenvalue weighted by Gasteiger charge is -2.10. The van der Waals surface area contributed by atoms with E-state index >= 15 is 0 Å². The van der Waals surface area contributed by atoms with Gasteiger partial charge in [-0.2, -0.15) is 0 Å². The van der Waals surface area contributed by atoms with Gasteiger partial charge in [-0.3, -0.25) is 0 Å². The van der Waals surface area contributed by atoms with Crippen molar-refractivity contribution in [1.82, 2.24) is 4.98 Å². The Morgan fingerprint density at radius 3 is 2.50 bits per heavy atom. The summed E-state index contributed by atoms with van der Waals surface area (Å²) in [6.45, 7) is 0. The van der Waals surface area contributed by atoms with Crippen molar-refractivity contribution in [2.24, 2.45) is 0 Å². The first kappa shape index (κ1) is 11.5. The Bertz CT molecular complexity index is 672. The van der Waals surface area contributed by atoms with Gasteiger partial charge in [0.15, 0.2) is 0 Å². The topological polar surface area (TPSA) is 36.0 Å². The van der Waals surface area contributed by atoms with Gasteiger partial charge in [0, 0.05) is 27.1 Å². The Labute approximate surface area is 113 Å². The molecule has 90 valence electrons. The third-order valence-electron chi connectivity index (χ3n) is 3.10. The van der Waals surface area contributed by atoms with Crippen molar-refractivity contribution in [3.05, 3.63) is 70.3 Å². The molecule has 1 unspecified atom stereocenters. The summed E-state index contributed by atoms with van der Waals surface area (Å²) in [5.74, 6) is 0. The fourth-order valence-electron chi connectivity index (χ4n) is 2.14. The molecular formula is C15H12BrNO. The van der Waals surface area contributed by atoms with Gasteiger partial charge in [0.05, 0.1) is 0 Å². The van der Waals surface area contributed by atoms with Crippen molar-refractivity contribution < 1.29 is 5.11 Å². The molecule has 3 heteroatoms. The van der Waals surface area contributed by atoms with Gasteiger partial charge < -0.3 is 10.1 Å². The number of halogens is 1. The van der Waals surface area contributed by atoms with Crippen LogP contribution in [0.4, 0.5) is 0 Å². The third kappa shape index (κ3) is 1.96. The third-order valence-corrected chi connectivity index (χ3v) is 3.63. The van der Waals surface area contributed by atoms with Crippen LogP contribution >= 0.6 is 15.9 Å². The van der Waals surface area contributed by atoms with Crippen LogP contribution in [0.15, 0.2) is 59.2 Å². The summed E-state index contributed by atoms with van der Waals surface area (Å²) in [7, 11) is 0. The highest BCUT2D eigenvalue weighted by atomic mass is 79.9. The van der Waals surface area contributed by atoms with Gasteiger partial charge in [-0.05, 0) is 23.8 Å². The first-order valence-electron chi connectivity index (χ1n) is 5.75. The zero-order chi connectivity index (χ0) is 12.5. The van der Waals surface area contributed by atoms with Crippen molar-refractivity contribution in [1.29, 1.82) is 0 Å². The van der Waals surface area contributed by atoms with E-state index in [0.717, 1.165) is 26.5 Å².